The molecule has 1 fully saturated rings. The van der Waals surface area contributed by atoms with Gasteiger partial charge in [0.15, 0.2) is 0 Å². The summed E-state index contributed by atoms with van der Waals surface area (Å²) in [5, 5.41) is 12.1. The normalized spacial score (nSPS) is 14.1. The lowest BCUT2D eigenvalue weighted by atomic mass is 10.1. The molecule has 1 aliphatic rings. The Morgan fingerprint density at radius 3 is 2.86 bits per heavy atom. The van der Waals surface area contributed by atoms with Gasteiger partial charge in [0.1, 0.15) is 12.4 Å². The van der Waals surface area contributed by atoms with Gasteiger partial charge in [0.05, 0.1) is 0 Å². The molecule has 7 heteroatoms. The van der Waals surface area contributed by atoms with E-state index in [-0.39, 0.29) is 18.3 Å². The SMILES string of the molecule is CCN(C(=O)Cn1nnc(-c2ccc(F)c(C)c2)n1)C1CC1. The molecule has 1 aromatic heterocycles. The van der Waals surface area contributed by atoms with Crippen LogP contribution in [-0.2, 0) is 11.3 Å². The lowest BCUT2D eigenvalue weighted by Gasteiger charge is -2.19. The number of rotatable bonds is 5. The Kier molecular flexibility index (Phi) is 3.87. The van der Waals surface area contributed by atoms with Crippen LogP contribution < -0.4 is 0 Å². The van der Waals surface area contributed by atoms with Crippen molar-refractivity contribution in [3.63, 3.8) is 0 Å². The van der Waals surface area contributed by atoms with E-state index in [4.69, 9.17) is 0 Å². The lowest BCUT2D eigenvalue weighted by molar-refractivity contribution is -0.132. The summed E-state index contributed by atoms with van der Waals surface area (Å²) >= 11 is 0. The number of aromatic nitrogens is 4. The van der Waals surface area contributed by atoms with Gasteiger partial charge in [0.25, 0.3) is 0 Å². The van der Waals surface area contributed by atoms with Crippen LogP contribution in [-0.4, -0.2) is 43.6 Å². The Labute approximate surface area is 127 Å². The molecule has 1 aromatic carbocycles. The van der Waals surface area contributed by atoms with Crippen molar-refractivity contribution in [2.75, 3.05) is 6.54 Å². The van der Waals surface area contributed by atoms with E-state index in [1.54, 1.807) is 19.1 Å². The zero-order valence-electron chi connectivity index (χ0n) is 12.7. The Bertz CT molecular complexity index is 695. The molecule has 116 valence electrons. The summed E-state index contributed by atoms with van der Waals surface area (Å²) in [6.07, 6.45) is 2.15. The van der Waals surface area contributed by atoms with Crippen LogP contribution in [0.1, 0.15) is 25.3 Å². The third-order valence-corrected chi connectivity index (χ3v) is 3.79. The van der Waals surface area contributed by atoms with Gasteiger partial charge < -0.3 is 4.90 Å². The van der Waals surface area contributed by atoms with Crippen molar-refractivity contribution in [3.05, 3.63) is 29.6 Å². The molecule has 0 atom stereocenters. The molecule has 0 aliphatic heterocycles. The second-order valence-electron chi connectivity index (χ2n) is 5.52. The van der Waals surface area contributed by atoms with Gasteiger partial charge in [-0.3, -0.25) is 4.79 Å². The van der Waals surface area contributed by atoms with E-state index in [0.717, 1.165) is 12.8 Å². The first kappa shape index (κ1) is 14.6. The molecule has 22 heavy (non-hydrogen) atoms. The highest BCUT2D eigenvalue weighted by molar-refractivity contribution is 5.76. The molecule has 2 aromatic rings. The smallest absolute Gasteiger partial charge is 0.246 e. The summed E-state index contributed by atoms with van der Waals surface area (Å²) in [4.78, 5) is 15.4. The number of carbonyl (C=O) groups excluding carboxylic acids is 1. The number of nitrogens with zero attached hydrogens (tertiary/aromatic N) is 5. The molecule has 3 rings (SSSR count). The summed E-state index contributed by atoms with van der Waals surface area (Å²) in [6, 6.07) is 5.03. The summed E-state index contributed by atoms with van der Waals surface area (Å²) < 4.78 is 13.3. The molecule has 1 saturated carbocycles. The summed E-state index contributed by atoms with van der Waals surface area (Å²) in [5.74, 6) is 0.129. The molecule has 0 saturated heterocycles. The van der Waals surface area contributed by atoms with E-state index in [9.17, 15) is 9.18 Å². The van der Waals surface area contributed by atoms with Gasteiger partial charge in [-0.15, -0.1) is 10.2 Å². The zero-order valence-corrected chi connectivity index (χ0v) is 12.7. The number of likely N-dealkylation sites (N-methyl/N-ethyl adjacent to an activating group) is 1. The minimum atomic E-state index is -0.269. The van der Waals surface area contributed by atoms with Crippen LogP contribution >= 0.6 is 0 Å². The average Bonchev–Trinajstić information content (AvgIpc) is 3.21. The monoisotopic (exact) mass is 303 g/mol. The molecular formula is C15H18FN5O. The van der Waals surface area contributed by atoms with E-state index in [1.165, 1.54) is 10.9 Å². The van der Waals surface area contributed by atoms with Gasteiger partial charge in [-0.2, -0.15) is 4.80 Å². The first-order chi connectivity index (χ1) is 10.6. The highest BCUT2D eigenvalue weighted by Crippen LogP contribution is 2.26. The molecule has 6 nitrogen and oxygen atoms in total. The van der Waals surface area contributed by atoms with Crippen LogP contribution in [0.4, 0.5) is 4.39 Å². The highest BCUT2D eigenvalue weighted by Gasteiger charge is 2.31. The predicted molar refractivity (Wildman–Crippen MR) is 78.4 cm³/mol. The third-order valence-electron chi connectivity index (χ3n) is 3.79. The van der Waals surface area contributed by atoms with Crippen molar-refractivity contribution in [2.24, 2.45) is 0 Å². The molecular weight excluding hydrogens is 285 g/mol. The molecule has 0 radical (unpaired) electrons. The van der Waals surface area contributed by atoms with Gasteiger partial charge in [0, 0.05) is 18.2 Å². The van der Waals surface area contributed by atoms with Crippen LogP contribution in [0, 0.1) is 12.7 Å². The van der Waals surface area contributed by atoms with Gasteiger partial charge in [-0.1, -0.05) is 0 Å². The quantitative estimate of drug-likeness (QED) is 0.845. The minimum absolute atomic E-state index is 0.00392. The molecule has 1 aliphatic carbocycles. The van der Waals surface area contributed by atoms with E-state index in [2.05, 4.69) is 15.4 Å². The topological polar surface area (TPSA) is 63.9 Å². The van der Waals surface area contributed by atoms with Crippen molar-refractivity contribution in [1.29, 1.82) is 0 Å². The van der Waals surface area contributed by atoms with E-state index in [1.807, 2.05) is 11.8 Å². The van der Waals surface area contributed by atoms with Crippen LogP contribution in [0.5, 0.6) is 0 Å². The number of tetrazole rings is 1. The summed E-state index contributed by atoms with van der Waals surface area (Å²) in [6.45, 7) is 4.43. The average molecular weight is 303 g/mol. The molecule has 0 N–H and O–H groups in total. The lowest BCUT2D eigenvalue weighted by Crippen LogP contribution is -2.36. The fourth-order valence-corrected chi connectivity index (χ4v) is 2.45. The van der Waals surface area contributed by atoms with Gasteiger partial charge >= 0.3 is 0 Å². The number of amides is 1. The summed E-state index contributed by atoms with van der Waals surface area (Å²) in [7, 11) is 0. The van der Waals surface area contributed by atoms with Crippen LogP contribution in [0.15, 0.2) is 18.2 Å². The number of halogens is 1. The van der Waals surface area contributed by atoms with Crippen LogP contribution in [0.25, 0.3) is 11.4 Å². The number of hydrogen-bond donors (Lipinski definition) is 0. The second kappa shape index (κ2) is 5.82. The third kappa shape index (κ3) is 2.98. The predicted octanol–water partition coefficient (Wildman–Crippen LogP) is 1.80. The van der Waals surface area contributed by atoms with E-state index < -0.39 is 0 Å². The maximum atomic E-state index is 13.3. The number of carbonyl (C=O) groups is 1. The fourth-order valence-electron chi connectivity index (χ4n) is 2.45. The molecule has 1 heterocycles. The van der Waals surface area contributed by atoms with Gasteiger partial charge in [0.2, 0.25) is 11.7 Å². The van der Waals surface area contributed by atoms with Gasteiger partial charge in [-0.05, 0) is 55.7 Å². The molecule has 1 amide bonds. The van der Waals surface area contributed by atoms with Gasteiger partial charge in [-0.25, -0.2) is 4.39 Å². The van der Waals surface area contributed by atoms with Crippen molar-refractivity contribution in [2.45, 2.75) is 39.3 Å². The first-order valence-corrected chi connectivity index (χ1v) is 7.42. The van der Waals surface area contributed by atoms with Crippen molar-refractivity contribution in [1.82, 2.24) is 25.1 Å². The first-order valence-electron chi connectivity index (χ1n) is 7.42. The van der Waals surface area contributed by atoms with Crippen molar-refractivity contribution in [3.8, 4) is 11.4 Å². The maximum Gasteiger partial charge on any atom is 0.246 e. The largest absolute Gasteiger partial charge is 0.338 e. The zero-order chi connectivity index (χ0) is 15.7. The van der Waals surface area contributed by atoms with E-state index >= 15 is 0 Å². The fraction of sp³-hybridized carbons (Fsp3) is 0.467. The number of aryl methyl sites for hydroxylation is 1. The number of benzene rings is 1. The molecule has 0 spiro atoms. The Morgan fingerprint density at radius 2 is 2.23 bits per heavy atom. The molecule has 0 bridgehead atoms. The van der Waals surface area contributed by atoms with E-state index in [0.29, 0.717) is 29.5 Å². The maximum absolute atomic E-state index is 13.3. The summed E-state index contributed by atoms with van der Waals surface area (Å²) in [5.41, 5.74) is 1.21. The Hall–Kier alpha value is -2.31. The minimum Gasteiger partial charge on any atom is -0.338 e. The number of hydrogen-bond acceptors (Lipinski definition) is 4. The van der Waals surface area contributed by atoms with Crippen molar-refractivity contribution < 1.29 is 9.18 Å². The standard InChI is InChI=1S/C15H18FN5O/c1-3-20(12-5-6-12)14(22)9-21-18-15(17-19-21)11-4-7-13(16)10(2)8-11/h4,7-8,12H,3,5-6,9H2,1-2H3. The Balaban J connectivity index is 1.73. The second-order valence-corrected chi connectivity index (χ2v) is 5.52. The Morgan fingerprint density at radius 1 is 1.45 bits per heavy atom. The molecule has 0 unspecified atom stereocenters. The highest BCUT2D eigenvalue weighted by atomic mass is 19.1. The van der Waals surface area contributed by atoms with Crippen LogP contribution in [0.2, 0.25) is 0 Å². The van der Waals surface area contributed by atoms with Crippen molar-refractivity contribution >= 4 is 5.91 Å². The van der Waals surface area contributed by atoms with Crippen LogP contribution in [0.3, 0.4) is 0 Å².